The predicted molar refractivity (Wildman–Crippen MR) is 114 cm³/mol. The third-order valence-electron chi connectivity index (χ3n) is 5.74. The molecule has 3 aliphatic heterocycles. The van der Waals surface area contributed by atoms with Gasteiger partial charge in [-0.25, -0.2) is 9.78 Å². The van der Waals surface area contributed by atoms with Gasteiger partial charge in [0.2, 0.25) is 5.91 Å². The van der Waals surface area contributed by atoms with Crippen LogP contribution in [-0.4, -0.2) is 47.7 Å². The van der Waals surface area contributed by atoms with E-state index in [-0.39, 0.29) is 17.7 Å². The van der Waals surface area contributed by atoms with Crippen molar-refractivity contribution in [1.29, 1.82) is 0 Å². The molecular formula is C21H20F3N5O3S. The maximum Gasteiger partial charge on any atom is 0.573 e. The number of nitrogens with one attached hydrogen (secondary N) is 3. The van der Waals surface area contributed by atoms with Gasteiger partial charge in [-0.05, 0) is 49.7 Å². The third kappa shape index (κ3) is 4.32. The minimum atomic E-state index is -4.80. The van der Waals surface area contributed by atoms with Crippen molar-refractivity contribution in [2.45, 2.75) is 41.6 Å². The summed E-state index contributed by atoms with van der Waals surface area (Å²) < 4.78 is 41.3. The highest BCUT2D eigenvalue weighted by Gasteiger charge is 2.47. The lowest BCUT2D eigenvalue weighted by Gasteiger charge is -2.34. The Hall–Kier alpha value is -2.99. The quantitative estimate of drug-likeness (QED) is 0.624. The fraction of sp³-hybridized carbons (Fsp3) is 0.381. The Morgan fingerprint density at radius 3 is 2.73 bits per heavy atom. The Kier molecular flexibility index (Phi) is 5.57. The van der Waals surface area contributed by atoms with Crippen molar-refractivity contribution in [2.24, 2.45) is 0 Å². The van der Waals surface area contributed by atoms with Crippen LogP contribution >= 0.6 is 11.8 Å². The van der Waals surface area contributed by atoms with E-state index in [1.165, 1.54) is 28.8 Å². The Morgan fingerprint density at radius 1 is 1.24 bits per heavy atom. The SMILES string of the molecule is O=C(NC1CCCNC1)[C@@H]1Sc2nccc3c2C1NC(=O)N3c1ccc(OC(F)(F)F)cc1. The second kappa shape index (κ2) is 8.41. The summed E-state index contributed by atoms with van der Waals surface area (Å²) in [4.78, 5) is 31.8. The highest BCUT2D eigenvalue weighted by atomic mass is 32.2. The second-order valence-corrected chi connectivity index (χ2v) is 9.07. The molecule has 1 aromatic heterocycles. The number of ether oxygens (including phenoxy) is 1. The summed E-state index contributed by atoms with van der Waals surface area (Å²) in [7, 11) is 0. The summed E-state index contributed by atoms with van der Waals surface area (Å²) >= 11 is 1.30. The van der Waals surface area contributed by atoms with Gasteiger partial charge in [-0.3, -0.25) is 9.69 Å². The van der Waals surface area contributed by atoms with Crippen LogP contribution in [0.15, 0.2) is 41.6 Å². The number of thioether (sulfide) groups is 1. The third-order valence-corrected chi connectivity index (χ3v) is 7.02. The monoisotopic (exact) mass is 479 g/mol. The smallest absolute Gasteiger partial charge is 0.406 e. The fourth-order valence-electron chi connectivity index (χ4n) is 4.34. The molecule has 3 amide bonds. The topological polar surface area (TPSA) is 95.6 Å². The molecule has 8 nitrogen and oxygen atoms in total. The number of benzene rings is 1. The van der Waals surface area contributed by atoms with E-state index in [0.29, 0.717) is 22.9 Å². The number of hydrogen-bond donors (Lipinski definition) is 3. The van der Waals surface area contributed by atoms with Gasteiger partial charge in [0.25, 0.3) is 0 Å². The fourth-order valence-corrected chi connectivity index (χ4v) is 5.57. The molecule has 0 bridgehead atoms. The molecule has 0 spiro atoms. The van der Waals surface area contributed by atoms with E-state index in [0.717, 1.165) is 37.1 Å². The molecule has 1 saturated heterocycles. The summed E-state index contributed by atoms with van der Waals surface area (Å²) in [5, 5.41) is 9.28. The zero-order valence-electron chi connectivity index (χ0n) is 17.2. The van der Waals surface area contributed by atoms with Crippen molar-refractivity contribution in [3.8, 4) is 5.75 Å². The number of aromatic nitrogens is 1. The van der Waals surface area contributed by atoms with E-state index < -0.39 is 23.7 Å². The molecule has 174 valence electrons. The number of pyridine rings is 1. The molecule has 0 saturated carbocycles. The van der Waals surface area contributed by atoms with E-state index in [2.05, 4.69) is 25.7 Å². The zero-order chi connectivity index (χ0) is 23.2. The second-order valence-electron chi connectivity index (χ2n) is 7.94. The van der Waals surface area contributed by atoms with Gasteiger partial charge in [0, 0.05) is 24.3 Å². The van der Waals surface area contributed by atoms with E-state index in [9.17, 15) is 22.8 Å². The number of alkyl halides is 3. The first-order chi connectivity index (χ1) is 15.8. The predicted octanol–water partition coefficient (Wildman–Crippen LogP) is 3.23. The van der Waals surface area contributed by atoms with Crippen molar-refractivity contribution in [2.75, 3.05) is 18.0 Å². The van der Waals surface area contributed by atoms with Crippen molar-refractivity contribution in [3.63, 3.8) is 0 Å². The highest BCUT2D eigenvalue weighted by molar-refractivity contribution is 8.01. The summed E-state index contributed by atoms with van der Waals surface area (Å²) in [6, 6.07) is 5.70. The summed E-state index contributed by atoms with van der Waals surface area (Å²) in [5.41, 5.74) is 1.63. The molecule has 3 N–H and O–H groups in total. The van der Waals surface area contributed by atoms with Crippen LogP contribution in [0, 0.1) is 0 Å². The molecule has 0 aliphatic carbocycles. The number of piperidine rings is 1. The number of hydrogen-bond acceptors (Lipinski definition) is 6. The van der Waals surface area contributed by atoms with Crippen LogP contribution in [0.25, 0.3) is 0 Å². The van der Waals surface area contributed by atoms with E-state index in [1.54, 1.807) is 12.3 Å². The first kappa shape index (κ1) is 21.8. The molecule has 1 aromatic carbocycles. The average molecular weight is 479 g/mol. The lowest BCUT2D eigenvalue weighted by atomic mass is 9.99. The van der Waals surface area contributed by atoms with Gasteiger partial charge in [0.05, 0.1) is 17.4 Å². The molecule has 0 radical (unpaired) electrons. The minimum Gasteiger partial charge on any atom is -0.406 e. The van der Waals surface area contributed by atoms with Crippen molar-refractivity contribution in [1.82, 2.24) is 20.9 Å². The van der Waals surface area contributed by atoms with Crippen LogP contribution < -0.4 is 25.6 Å². The average Bonchev–Trinajstić information content (AvgIpc) is 3.14. The maximum atomic E-state index is 13.1. The standard InChI is InChI=1S/C21H20F3N5O3S/c22-21(23,24)32-13-5-3-12(4-6-13)29-14-7-9-26-19-15(14)16(28-20(29)31)17(33-19)18(30)27-11-2-1-8-25-10-11/h3-7,9,11,16-17,25H,1-2,8,10H2,(H,27,30)(H,28,31)/t11?,16?,17-/m1/s1. The zero-order valence-corrected chi connectivity index (χ0v) is 18.0. The Balaban J connectivity index is 1.40. The van der Waals surface area contributed by atoms with Crippen LogP contribution in [0.5, 0.6) is 5.75 Å². The molecule has 3 atom stereocenters. The van der Waals surface area contributed by atoms with Gasteiger partial charge >= 0.3 is 12.4 Å². The molecule has 3 aliphatic rings. The van der Waals surface area contributed by atoms with Crippen molar-refractivity contribution < 1.29 is 27.5 Å². The minimum absolute atomic E-state index is 0.0382. The summed E-state index contributed by atoms with van der Waals surface area (Å²) in [5.74, 6) is -0.545. The van der Waals surface area contributed by atoms with Crippen LogP contribution in [0.3, 0.4) is 0 Å². The van der Waals surface area contributed by atoms with Crippen LogP contribution in [0.1, 0.15) is 24.4 Å². The number of amides is 3. The molecule has 1 fully saturated rings. The lowest BCUT2D eigenvalue weighted by Crippen LogP contribution is -2.52. The van der Waals surface area contributed by atoms with Crippen LogP contribution in [0.4, 0.5) is 29.3 Å². The molecule has 5 rings (SSSR count). The molecule has 33 heavy (non-hydrogen) atoms. The van der Waals surface area contributed by atoms with Crippen LogP contribution in [-0.2, 0) is 4.79 Å². The number of carbonyl (C=O) groups excluding carboxylic acids is 2. The van der Waals surface area contributed by atoms with Crippen molar-refractivity contribution in [3.05, 3.63) is 42.1 Å². The summed E-state index contributed by atoms with van der Waals surface area (Å²) in [6.07, 6.45) is -1.37. The molecule has 2 aromatic rings. The van der Waals surface area contributed by atoms with Gasteiger partial charge in [-0.15, -0.1) is 13.2 Å². The number of anilines is 2. The highest BCUT2D eigenvalue weighted by Crippen LogP contribution is 2.50. The normalized spacial score (nSPS) is 24.2. The molecular weight excluding hydrogens is 459 g/mol. The van der Waals surface area contributed by atoms with E-state index in [1.807, 2.05) is 0 Å². The van der Waals surface area contributed by atoms with Crippen LogP contribution in [0.2, 0.25) is 0 Å². The Morgan fingerprint density at radius 2 is 2.03 bits per heavy atom. The Labute approximate surface area is 191 Å². The van der Waals surface area contributed by atoms with Gasteiger partial charge in [0.1, 0.15) is 16.0 Å². The van der Waals surface area contributed by atoms with Gasteiger partial charge in [-0.2, -0.15) is 0 Å². The molecule has 2 unspecified atom stereocenters. The van der Waals surface area contributed by atoms with Gasteiger partial charge < -0.3 is 20.7 Å². The Bertz CT molecular complexity index is 1080. The number of carbonyl (C=O) groups is 2. The van der Waals surface area contributed by atoms with Crippen molar-refractivity contribution >= 4 is 35.1 Å². The maximum absolute atomic E-state index is 13.1. The van der Waals surface area contributed by atoms with E-state index >= 15 is 0 Å². The number of halogens is 3. The number of nitrogens with zero attached hydrogens (tertiary/aromatic N) is 2. The molecule has 4 heterocycles. The lowest BCUT2D eigenvalue weighted by molar-refractivity contribution is -0.274. The first-order valence-electron chi connectivity index (χ1n) is 10.4. The largest absolute Gasteiger partial charge is 0.573 e. The molecule has 12 heteroatoms. The number of urea groups is 1. The van der Waals surface area contributed by atoms with Gasteiger partial charge in [-0.1, -0.05) is 11.8 Å². The summed E-state index contributed by atoms with van der Waals surface area (Å²) in [6.45, 7) is 1.64. The number of rotatable bonds is 4. The first-order valence-corrected chi connectivity index (χ1v) is 11.3. The van der Waals surface area contributed by atoms with Gasteiger partial charge in [0.15, 0.2) is 0 Å². The van der Waals surface area contributed by atoms with E-state index in [4.69, 9.17) is 0 Å².